The maximum absolute atomic E-state index is 14.3. The van der Waals surface area contributed by atoms with Gasteiger partial charge in [-0.1, -0.05) is 105 Å². The Morgan fingerprint density at radius 2 is 1.68 bits per heavy atom. The summed E-state index contributed by atoms with van der Waals surface area (Å²) in [5.41, 5.74) is 7.01. The first-order chi connectivity index (χ1) is 19.9. The number of benzene rings is 4. The molecule has 6 heteroatoms. The smallest absolute Gasteiger partial charge is 0.255 e. The van der Waals surface area contributed by atoms with E-state index in [1.165, 1.54) is 0 Å². The minimum absolute atomic E-state index is 0.109. The van der Waals surface area contributed by atoms with Crippen molar-refractivity contribution in [2.75, 3.05) is 5.32 Å². The van der Waals surface area contributed by atoms with Gasteiger partial charge in [-0.25, -0.2) is 0 Å². The molecular formula is C35H32ClN3O2. The van der Waals surface area contributed by atoms with Crippen LogP contribution in [0, 0.1) is 12.8 Å². The fraction of sp³-hybridized carbons (Fsp3) is 0.200. The van der Waals surface area contributed by atoms with Crippen LogP contribution in [0.4, 0.5) is 5.69 Å². The summed E-state index contributed by atoms with van der Waals surface area (Å²) < 4.78 is 0. The Labute approximate surface area is 245 Å². The number of nitrogens with zero attached hydrogens (tertiary/aromatic N) is 1. The number of halogens is 1. The molecule has 3 atom stereocenters. The Bertz CT molecular complexity index is 1760. The van der Waals surface area contributed by atoms with E-state index >= 15 is 0 Å². The number of carbonyl (C=O) groups excluding carboxylic acids is 2. The highest BCUT2D eigenvalue weighted by atomic mass is 35.5. The van der Waals surface area contributed by atoms with E-state index in [1.807, 2.05) is 85.5 Å². The standard InChI is InChI=1S/C35H32ClN3O2/c1-4-21(2)32(34(40)37-24-19-18-22(3)28(36)20-24)39-33(25-14-8-9-15-26(25)35(39)41)30-27-16-10-11-17-29(27)38-31(30)23-12-6-5-7-13-23/h5-21,32-33,38H,4H2,1-3H3,(H,37,40). The van der Waals surface area contributed by atoms with Gasteiger partial charge < -0.3 is 15.2 Å². The van der Waals surface area contributed by atoms with E-state index in [2.05, 4.69) is 41.5 Å². The molecule has 5 nitrogen and oxygen atoms in total. The number of para-hydroxylation sites is 1. The van der Waals surface area contributed by atoms with Crippen molar-refractivity contribution in [3.8, 4) is 11.3 Å². The first-order valence-electron chi connectivity index (χ1n) is 14.0. The number of aromatic nitrogens is 1. The number of rotatable bonds is 7. The predicted octanol–water partition coefficient (Wildman–Crippen LogP) is 8.40. The van der Waals surface area contributed by atoms with Crippen molar-refractivity contribution >= 4 is 40.0 Å². The zero-order valence-electron chi connectivity index (χ0n) is 23.3. The lowest BCUT2D eigenvalue weighted by molar-refractivity contribution is -0.122. The fourth-order valence-corrected chi connectivity index (χ4v) is 6.15. The molecule has 1 aromatic heterocycles. The largest absolute Gasteiger partial charge is 0.354 e. The monoisotopic (exact) mass is 561 g/mol. The van der Waals surface area contributed by atoms with Crippen molar-refractivity contribution in [2.24, 2.45) is 5.92 Å². The van der Waals surface area contributed by atoms with E-state index in [0.29, 0.717) is 16.3 Å². The minimum Gasteiger partial charge on any atom is -0.354 e. The fourth-order valence-electron chi connectivity index (χ4n) is 5.97. The van der Waals surface area contributed by atoms with E-state index in [4.69, 9.17) is 11.6 Å². The summed E-state index contributed by atoms with van der Waals surface area (Å²) in [5, 5.41) is 4.68. The number of hydrogen-bond donors (Lipinski definition) is 2. The quantitative estimate of drug-likeness (QED) is 0.209. The van der Waals surface area contributed by atoms with Crippen LogP contribution in [0.25, 0.3) is 22.2 Å². The van der Waals surface area contributed by atoms with Crippen LogP contribution in [0.1, 0.15) is 53.4 Å². The number of nitrogens with one attached hydrogen (secondary N) is 2. The lowest BCUT2D eigenvalue weighted by Crippen LogP contribution is -2.50. The predicted molar refractivity (Wildman–Crippen MR) is 166 cm³/mol. The summed E-state index contributed by atoms with van der Waals surface area (Å²) in [4.78, 5) is 33.9. The topological polar surface area (TPSA) is 65.2 Å². The molecule has 2 amide bonds. The van der Waals surface area contributed by atoms with E-state index < -0.39 is 12.1 Å². The molecule has 5 aromatic rings. The normalized spacial score (nSPS) is 16.0. The van der Waals surface area contributed by atoms with Gasteiger partial charge in [-0.15, -0.1) is 0 Å². The number of anilines is 1. The van der Waals surface area contributed by atoms with Crippen LogP contribution in [0.15, 0.2) is 97.1 Å². The first-order valence-corrected chi connectivity index (χ1v) is 14.4. The molecule has 1 aliphatic rings. The average Bonchev–Trinajstić information content (AvgIpc) is 3.51. The van der Waals surface area contributed by atoms with Gasteiger partial charge in [0.2, 0.25) is 5.91 Å². The number of H-pyrrole nitrogens is 1. The van der Waals surface area contributed by atoms with Gasteiger partial charge in [-0.2, -0.15) is 0 Å². The highest BCUT2D eigenvalue weighted by Gasteiger charge is 2.47. The highest BCUT2D eigenvalue weighted by Crippen LogP contribution is 2.47. The van der Waals surface area contributed by atoms with Crippen molar-refractivity contribution in [1.82, 2.24) is 9.88 Å². The van der Waals surface area contributed by atoms with Crippen molar-refractivity contribution in [2.45, 2.75) is 39.3 Å². The van der Waals surface area contributed by atoms with Crippen molar-refractivity contribution in [3.05, 3.63) is 124 Å². The lowest BCUT2D eigenvalue weighted by atomic mass is 9.90. The van der Waals surface area contributed by atoms with E-state index in [1.54, 1.807) is 6.07 Å². The summed E-state index contributed by atoms with van der Waals surface area (Å²) in [5.74, 6) is -0.481. The third-order valence-corrected chi connectivity index (χ3v) is 8.68. The van der Waals surface area contributed by atoms with Crippen molar-refractivity contribution in [3.63, 3.8) is 0 Å². The van der Waals surface area contributed by atoms with Crippen LogP contribution < -0.4 is 5.32 Å². The second-order valence-corrected chi connectivity index (χ2v) is 11.2. The Morgan fingerprint density at radius 3 is 2.44 bits per heavy atom. The second kappa shape index (κ2) is 10.9. The van der Waals surface area contributed by atoms with Gasteiger partial charge >= 0.3 is 0 Å². The summed E-state index contributed by atoms with van der Waals surface area (Å²) in [7, 11) is 0. The minimum atomic E-state index is -0.720. The molecule has 0 radical (unpaired) electrons. The molecule has 1 aliphatic heterocycles. The number of amides is 2. The molecule has 0 aliphatic carbocycles. The Morgan fingerprint density at radius 1 is 0.976 bits per heavy atom. The van der Waals surface area contributed by atoms with Crippen LogP contribution in [-0.4, -0.2) is 27.7 Å². The second-order valence-electron chi connectivity index (χ2n) is 10.8. The molecule has 0 bridgehead atoms. The van der Waals surface area contributed by atoms with Gasteiger partial charge in [0, 0.05) is 32.7 Å². The maximum Gasteiger partial charge on any atom is 0.255 e. The molecule has 3 unspecified atom stereocenters. The zero-order valence-corrected chi connectivity index (χ0v) is 24.1. The third-order valence-electron chi connectivity index (χ3n) is 8.27. The molecule has 2 N–H and O–H groups in total. The lowest BCUT2D eigenvalue weighted by Gasteiger charge is -2.36. The van der Waals surface area contributed by atoms with Crippen LogP contribution in [0.2, 0.25) is 5.02 Å². The van der Waals surface area contributed by atoms with Gasteiger partial charge in [0.1, 0.15) is 6.04 Å². The Kier molecular flexibility index (Phi) is 7.14. The van der Waals surface area contributed by atoms with Gasteiger partial charge in [0.25, 0.3) is 5.91 Å². The third kappa shape index (κ3) is 4.70. The van der Waals surface area contributed by atoms with Crippen LogP contribution >= 0.6 is 11.6 Å². The van der Waals surface area contributed by atoms with E-state index in [9.17, 15) is 9.59 Å². The Balaban J connectivity index is 1.55. The number of aryl methyl sites for hydroxylation is 1. The van der Waals surface area contributed by atoms with Crippen LogP contribution in [-0.2, 0) is 4.79 Å². The molecule has 0 saturated carbocycles. The number of hydrogen-bond acceptors (Lipinski definition) is 2. The van der Waals surface area contributed by atoms with Crippen molar-refractivity contribution < 1.29 is 9.59 Å². The molecule has 41 heavy (non-hydrogen) atoms. The Hall–Kier alpha value is -4.35. The van der Waals surface area contributed by atoms with E-state index in [-0.39, 0.29) is 17.7 Å². The van der Waals surface area contributed by atoms with Gasteiger partial charge in [-0.3, -0.25) is 9.59 Å². The molecule has 2 heterocycles. The molecule has 6 rings (SSSR count). The average molecular weight is 562 g/mol. The summed E-state index contributed by atoms with van der Waals surface area (Å²) in [6.07, 6.45) is 0.721. The molecule has 0 fully saturated rings. The molecular weight excluding hydrogens is 530 g/mol. The summed E-state index contributed by atoms with van der Waals surface area (Å²) >= 11 is 6.38. The van der Waals surface area contributed by atoms with Crippen LogP contribution in [0.3, 0.4) is 0 Å². The zero-order chi connectivity index (χ0) is 28.7. The molecule has 0 saturated heterocycles. The summed E-state index contributed by atoms with van der Waals surface area (Å²) in [6, 6.07) is 30.4. The number of carbonyl (C=O) groups is 2. The summed E-state index contributed by atoms with van der Waals surface area (Å²) in [6.45, 7) is 6.01. The number of aromatic amines is 1. The van der Waals surface area contributed by atoms with Gasteiger partial charge in [0.05, 0.1) is 11.7 Å². The van der Waals surface area contributed by atoms with Gasteiger partial charge in [0.15, 0.2) is 0 Å². The SMILES string of the molecule is CCC(C)C(C(=O)Nc1ccc(C)c(Cl)c1)N1C(=O)c2ccccc2C1c1c(-c2ccccc2)[nH]c2ccccc12. The highest BCUT2D eigenvalue weighted by molar-refractivity contribution is 6.31. The number of fused-ring (bicyclic) bond motifs is 2. The van der Waals surface area contributed by atoms with E-state index in [0.717, 1.165) is 45.3 Å². The molecule has 0 spiro atoms. The van der Waals surface area contributed by atoms with Gasteiger partial charge in [-0.05, 0) is 53.8 Å². The first kappa shape index (κ1) is 26.9. The van der Waals surface area contributed by atoms with Crippen molar-refractivity contribution in [1.29, 1.82) is 0 Å². The molecule has 206 valence electrons. The van der Waals surface area contributed by atoms with Crippen LogP contribution in [0.5, 0.6) is 0 Å². The maximum atomic E-state index is 14.3. The molecule has 4 aromatic carbocycles.